The Hall–Kier alpha value is -1.10. The molecule has 2 saturated heterocycles. The Bertz CT molecular complexity index is 649. The lowest BCUT2D eigenvalue weighted by Gasteiger charge is -3.08. The predicted octanol–water partition coefficient (Wildman–Crippen LogP) is 1.07. The first-order chi connectivity index (χ1) is 11.6. The fourth-order valence-electron chi connectivity index (χ4n) is 9.23. The van der Waals surface area contributed by atoms with E-state index < -0.39 is 0 Å². The molecule has 6 saturated carbocycles. The van der Waals surface area contributed by atoms with E-state index >= 15 is 0 Å². The molecule has 8 aliphatic rings. The van der Waals surface area contributed by atoms with Crippen molar-refractivity contribution in [2.24, 2.45) is 46.3 Å². The molecule has 5 nitrogen and oxygen atoms in total. The molecule has 0 radical (unpaired) electrons. The van der Waals surface area contributed by atoms with Gasteiger partial charge < -0.3 is 14.4 Å². The van der Waals surface area contributed by atoms with Gasteiger partial charge >= 0.3 is 11.9 Å². The molecule has 0 spiro atoms. The second kappa shape index (κ2) is 3.42. The van der Waals surface area contributed by atoms with Crippen LogP contribution >= 0.6 is 0 Å². The van der Waals surface area contributed by atoms with Gasteiger partial charge in [0.05, 0.1) is 17.9 Å². The molecule has 0 amide bonds. The van der Waals surface area contributed by atoms with Gasteiger partial charge in [0.1, 0.15) is 6.10 Å². The molecule has 0 aromatic carbocycles. The third-order valence-corrected chi connectivity index (χ3v) is 9.85. The summed E-state index contributed by atoms with van der Waals surface area (Å²) in [6.45, 7) is 0. The van der Waals surface area contributed by atoms with Crippen molar-refractivity contribution in [3.63, 3.8) is 0 Å². The Morgan fingerprint density at radius 3 is 1.79 bits per heavy atom. The second-order valence-corrected chi connectivity index (χ2v) is 9.56. The Balaban J connectivity index is 1.09. The fourth-order valence-corrected chi connectivity index (χ4v) is 9.23. The van der Waals surface area contributed by atoms with Crippen molar-refractivity contribution >= 4 is 11.9 Å². The molecule has 0 N–H and O–H groups in total. The Labute approximate surface area is 141 Å². The molecule has 2 heterocycles. The lowest BCUT2D eigenvalue weighted by Crippen LogP contribution is -3.12. The highest BCUT2D eigenvalue weighted by atomic mass is 16.5. The van der Waals surface area contributed by atoms with E-state index in [2.05, 4.69) is 11.9 Å². The lowest BCUT2D eigenvalue weighted by molar-refractivity contribution is -0.629. The van der Waals surface area contributed by atoms with Gasteiger partial charge in [-0.15, -0.1) is 0 Å². The number of esters is 2. The van der Waals surface area contributed by atoms with E-state index in [1.54, 1.807) is 0 Å². The highest BCUT2D eigenvalue weighted by Crippen LogP contribution is 3.10. The van der Waals surface area contributed by atoms with Crippen LogP contribution in [0.2, 0.25) is 0 Å². The molecule has 8 rings (SSSR count). The first kappa shape index (κ1) is 13.2. The predicted molar refractivity (Wildman–Crippen MR) is 81.5 cm³/mol. The van der Waals surface area contributed by atoms with Crippen molar-refractivity contribution < 1.29 is 19.1 Å². The Kier molecular flexibility index (Phi) is 1.87. The maximum atomic E-state index is 13.0. The van der Waals surface area contributed by atoms with Crippen LogP contribution in [0, 0.1) is 46.3 Å². The summed E-state index contributed by atoms with van der Waals surface area (Å²) < 4.78 is 11.1. The average molecular weight is 329 g/mol. The van der Waals surface area contributed by atoms with Crippen molar-refractivity contribution in [3.8, 4) is 0 Å². The van der Waals surface area contributed by atoms with Gasteiger partial charge in [-0.2, -0.15) is 0 Å². The van der Waals surface area contributed by atoms with Crippen LogP contribution in [0.15, 0.2) is 0 Å². The summed E-state index contributed by atoms with van der Waals surface area (Å²) in [4.78, 5) is 27.6. The van der Waals surface area contributed by atoms with Crippen molar-refractivity contribution in [1.29, 1.82) is 0 Å². The van der Waals surface area contributed by atoms with Gasteiger partial charge in [0.15, 0.2) is 0 Å². The summed E-state index contributed by atoms with van der Waals surface area (Å²) in [6, 6.07) is 1.21. The Morgan fingerprint density at radius 2 is 1.33 bits per heavy atom. The molecular formula is C19H23NO4. The van der Waals surface area contributed by atoms with E-state index in [4.69, 9.17) is 9.47 Å². The smallest absolute Gasteiger partial charge is 0.313 e. The molecule has 1 unspecified atom stereocenters. The molecular weight excluding hydrogens is 306 g/mol. The molecule has 0 aromatic rings. The standard InChI is InChI=1S/C19H23NO4/c1-20-7-3-4-8(20)6-9(5-7)24-17(22)19-13-10-14(19)12-15(19)11(13)18(10,12)16(21)23-2/h7-15H,3-6H2,1-2H3/t7-,8+,9?,10?,11?,12?,13?,14?,15?,18?,19?. The molecule has 8 fully saturated rings. The van der Waals surface area contributed by atoms with Gasteiger partial charge in [-0.25, -0.2) is 0 Å². The number of ether oxygens (including phenoxy) is 2. The number of hydrogen-bond donors (Lipinski definition) is 0. The molecule has 3 atom stereocenters. The molecule has 2 bridgehead atoms. The summed E-state index contributed by atoms with van der Waals surface area (Å²) in [5.74, 6) is 2.80. The van der Waals surface area contributed by atoms with Crippen LogP contribution in [0.3, 0.4) is 0 Å². The maximum absolute atomic E-state index is 13.0. The molecule has 5 heteroatoms. The van der Waals surface area contributed by atoms with Gasteiger partial charge in [-0.1, -0.05) is 0 Å². The third kappa shape index (κ3) is 0.864. The first-order valence-corrected chi connectivity index (χ1v) is 9.61. The van der Waals surface area contributed by atoms with Crippen LogP contribution in [-0.4, -0.2) is 49.2 Å². The summed E-state index contributed by atoms with van der Waals surface area (Å²) >= 11 is 0. The van der Waals surface area contributed by atoms with E-state index in [0.29, 0.717) is 47.6 Å². The van der Waals surface area contributed by atoms with Gasteiger partial charge in [0.25, 0.3) is 0 Å². The van der Waals surface area contributed by atoms with Crippen molar-refractivity contribution in [2.75, 3.05) is 14.2 Å². The quantitative estimate of drug-likeness (QED) is 0.725. The fraction of sp³-hybridized carbons (Fsp3) is 0.895. The molecule has 128 valence electrons. The van der Waals surface area contributed by atoms with E-state index in [0.717, 1.165) is 12.8 Å². The molecule has 24 heavy (non-hydrogen) atoms. The zero-order valence-corrected chi connectivity index (χ0v) is 14.1. The summed E-state index contributed by atoms with van der Waals surface area (Å²) in [7, 11) is 3.72. The normalized spacial score (nSPS) is 65.3. The number of methoxy groups -OCH3 is 1. The number of carbonyl (C=O) groups excluding carboxylic acids is 2. The largest absolute Gasteiger partial charge is 0.469 e. The highest BCUT2D eigenvalue weighted by Gasteiger charge is 3.13. The molecule has 0 aromatic heterocycles. The number of carbonyl (C=O) groups is 2. The third-order valence-electron chi connectivity index (χ3n) is 9.85. The van der Waals surface area contributed by atoms with Gasteiger partial charge in [-0.3, -0.25) is 9.59 Å². The van der Waals surface area contributed by atoms with Crippen LogP contribution in [-0.2, 0) is 19.1 Å². The van der Waals surface area contributed by atoms with Gasteiger partial charge in [-0.05, 0) is 68.2 Å². The van der Waals surface area contributed by atoms with Crippen LogP contribution in [0.25, 0.3) is 0 Å². The number of nitrogens with zero attached hydrogens (tertiary/aromatic N) is 1. The minimum absolute atomic E-state index is 0.000176. The summed E-state index contributed by atoms with van der Waals surface area (Å²) in [6.07, 6.45) is 4.65. The number of fused-ring (bicyclic) bond motifs is 2. The zero-order chi connectivity index (χ0) is 16.2. The van der Waals surface area contributed by atoms with Crippen molar-refractivity contribution in [2.45, 2.75) is 43.9 Å². The monoisotopic (exact) mass is 329 g/mol. The Morgan fingerprint density at radius 1 is 0.875 bits per heavy atom. The minimum atomic E-state index is -0.155. The van der Waals surface area contributed by atoms with E-state index in [9.17, 15) is 9.59 Å². The lowest BCUT2D eigenvalue weighted by atomic mass is 8.92. The average Bonchev–Trinajstić information content (AvgIpc) is 2.82. The van der Waals surface area contributed by atoms with Gasteiger partial charge in [0.2, 0.25) is 0 Å². The SMILES string of the molecule is COC(=O)C12C3C4C1C1C2C3C41C(=O)OC1C[C@H]2CC[C@@H](C1)N2C. The maximum Gasteiger partial charge on any atom is 0.313 e. The van der Waals surface area contributed by atoms with Crippen molar-refractivity contribution in [1.82, 2.24) is 4.90 Å². The summed E-state index contributed by atoms with van der Waals surface area (Å²) in [5.41, 5.74) is -0.304. The topological polar surface area (TPSA) is 55.8 Å². The highest BCUT2D eigenvalue weighted by molar-refractivity contribution is 5.96. The number of piperidine rings is 1. The van der Waals surface area contributed by atoms with Crippen LogP contribution < -0.4 is 0 Å². The zero-order valence-electron chi connectivity index (χ0n) is 14.1. The van der Waals surface area contributed by atoms with E-state index in [1.807, 2.05) is 0 Å². The van der Waals surface area contributed by atoms with Crippen LogP contribution in [0.4, 0.5) is 0 Å². The number of hydrogen-bond acceptors (Lipinski definition) is 5. The van der Waals surface area contributed by atoms with E-state index in [-0.39, 0.29) is 28.9 Å². The summed E-state index contributed by atoms with van der Waals surface area (Å²) in [5, 5.41) is 0. The van der Waals surface area contributed by atoms with E-state index in [1.165, 1.54) is 20.0 Å². The first-order valence-electron chi connectivity index (χ1n) is 9.61. The minimum Gasteiger partial charge on any atom is -0.469 e. The van der Waals surface area contributed by atoms with Crippen molar-refractivity contribution in [3.05, 3.63) is 0 Å². The number of rotatable bonds is 3. The van der Waals surface area contributed by atoms with Crippen LogP contribution in [0.1, 0.15) is 25.7 Å². The molecule has 2 aliphatic heterocycles. The molecule has 6 aliphatic carbocycles. The van der Waals surface area contributed by atoms with Crippen LogP contribution in [0.5, 0.6) is 0 Å². The van der Waals surface area contributed by atoms with Gasteiger partial charge in [0, 0.05) is 12.1 Å². The second-order valence-electron chi connectivity index (χ2n) is 9.56.